The average Bonchev–Trinajstić information content (AvgIpc) is 2.77. The molecule has 0 radical (unpaired) electrons. The second-order valence-corrected chi connectivity index (χ2v) is 8.58. The van der Waals surface area contributed by atoms with Crippen LogP contribution in [0.2, 0.25) is 5.02 Å². The zero-order valence-corrected chi connectivity index (χ0v) is 18.5. The van der Waals surface area contributed by atoms with Crippen LogP contribution in [0.4, 0.5) is 0 Å². The smallest absolute Gasteiger partial charge is 0.338 e. The summed E-state index contributed by atoms with van der Waals surface area (Å²) < 4.78 is 31.3. The number of carbonyl (C=O) groups is 3. The van der Waals surface area contributed by atoms with E-state index in [1.54, 1.807) is 13.8 Å². The minimum absolute atomic E-state index is 0.0220. The van der Waals surface area contributed by atoms with Crippen molar-refractivity contribution in [1.82, 2.24) is 15.2 Å². The fraction of sp³-hybridized carbons (Fsp3) is 0.250. The summed E-state index contributed by atoms with van der Waals surface area (Å²) in [6.45, 7) is 3.32. The quantitative estimate of drug-likeness (QED) is 0.452. The van der Waals surface area contributed by atoms with Crippen molar-refractivity contribution in [3.63, 3.8) is 0 Å². The first-order chi connectivity index (χ1) is 14.7. The number of halogens is 1. The maximum absolute atomic E-state index is 12.6. The lowest BCUT2D eigenvalue weighted by Gasteiger charge is -2.18. The number of hydrazine groups is 1. The molecule has 0 spiro atoms. The van der Waals surface area contributed by atoms with Crippen LogP contribution >= 0.6 is 11.6 Å². The summed E-state index contributed by atoms with van der Waals surface area (Å²) in [4.78, 5) is 35.9. The summed E-state index contributed by atoms with van der Waals surface area (Å²) in [6.07, 6.45) is 0. The van der Waals surface area contributed by atoms with Crippen molar-refractivity contribution in [2.75, 3.05) is 19.7 Å². The Morgan fingerprint density at radius 3 is 2.23 bits per heavy atom. The lowest BCUT2D eigenvalue weighted by atomic mass is 10.2. The number of benzene rings is 2. The molecule has 2 rings (SSSR count). The van der Waals surface area contributed by atoms with Crippen molar-refractivity contribution in [3.8, 4) is 0 Å². The molecule has 0 saturated heterocycles. The predicted octanol–water partition coefficient (Wildman–Crippen LogP) is 1.99. The van der Waals surface area contributed by atoms with E-state index in [2.05, 4.69) is 10.9 Å². The number of nitrogens with zero attached hydrogens (tertiary/aromatic N) is 1. The summed E-state index contributed by atoms with van der Waals surface area (Å²) in [7, 11) is -3.75. The van der Waals surface area contributed by atoms with Gasteiger partial charge < -0.3 is 4.74 Å². The third-order valence-corrected chi connectivity index (χ3v) is 6.47. The first kappa shape index (κ1) is 24.3. The maximum Gasteiger partial charge on any atom is 0.338 e. The number of carbonyl (C=O) groups excluding carboxylic acids is 3. The van der Waals surface area contributed by atoms with Gasteiger partial charge in [-0.05, 0) is 42.5 Å². The lowest BCUT2D eigenvalue weighted by Crippen LogP contribution is -2.43. The third-order valence-electron chi connectivity index (χ3n) is 4.17. The molecule has 0 aliphatic carbocycles. The van der Waals surface area contributed by atoms with Crippen LogP contribution in [0.25, 0.3) is 0 Å². The highest BCUT2D eigenvalue weighted by Gasteiger charge is 2.23. The van der Waals surface area contributed by atoms with E-state index in [1.807, 2.05) is 0 Å². The molecule has 9 nitrogen and oxygen atoms in total. The Labute approximate surface area is 185 Å². The number of hydrogen-bond acceptors (Lipinski definition) is 6. The van der Waals surface area contributed by atoms with E-state index in [4.69, 9.17) is 16.3 Å². The van der Waals surface area contributed by atoms with Crippen LogP contribution in [-0.4, -0.2) is 50.2 Å². The van der Waals surface area contributed by atoms with Gasteiger partial charge in [-0.1, -0.05) is 31.5 Å². The largest absolute Gasteiger partial charge is 0.452 e. The molecule has 2 aromatic carbocycles. The van der Waals surface area contributed by atoms with Crippen LogP contribution in [0.15, 0.2) is 53.4 Å². The number of sulfonamides is 1. The maximum atomic E-state index is 12.6. The highest BCUT2D eigenvalue weighted by atomic mass is 35.5. The first-order valence-corrected chi connectivity index (χ1v) is 11.1. The molecule has 0 atom stereocenters. The number of hydrogen-bond donors (Lipinski definition) is 2. The Morgan fingerprint density at radius 1 is 0.968 bits per heavy atom. The van der Waals surface area contributed by atoms with Gasteiger partial charge >= 0.3 is 5.97 Å². The summed E-state index contributed by atoms with van der Waals surface area (Å²) >= 11 is 5.74. The van der Waals surface area contributed by atoms with Crippen molar-refractivity contribution in [2.45, 2.75) is 18.7 Å². The highest BCUT2D eigenvalue weighted by molar-refractivity contribution is 7.89. The van der Waals surface area contributed by atoms with E-state index >= 15 is 0 Å². The summed E-state index contributed by atoms with van der Waals surface area (Å²) in [5, 5.41) is 0.460. The van der Waals surface area contributed by atoms with Crippen molar-refractivity contribution >= 4 is 39.4 Å². The van der Waals surface area contributed by atoms with Crippen molar-refractivity contribution in [2.24, 2.45) is 0 Å². The fourth-order valence-electron chi connectivity index (χ4n) is 2.55. The molecule has 0 bridgehead atoms. The van der Waals surface area contributed by atoms with Crippen LogP contribution in [-0.2, 0) is 19.6 Å². The van der Waals surface area contributed by atoms with Gasteiger partial charge in [0.05, 0.1) is 10.5 Å². The Kier molecular flexibility index (Phi) is 8.55. The number of esters is 1. The monoisotopic (exact) mass is 467 g/mol. The summed E-state index contributed by atoms with van der Waals surface area (Å²) in [5.74, 6) is -2.23. The van der Waals surface area contributed by atoms with E-state index in [0.717, 1.165) is 0 Å². The molecular weight excluding hydrogens is 446 g/mol. The molecule has 2 aromatic rings. The number of rotatable bonds is 8. The molecule has 0 aromatic heterocycles. The van der Waals surface area contributed by atoms with Crippen LogP contribution < -0.4 is 10.9 Å². The van der Waals surface area contributed by atoms with Crippen LogP contribution in [0.1, 0.15) is 34.6 Å². The standard InChI is InChI=1S/C20H22ClN3O6S/c1-3-24(4-2)31(28,29)17-7-5-6-15(12-17)20(27)30-13-18(25)22-23-19(26)14-8-10-16(21)11-9-14/h5-12H,3-4,13H2,1-2H3,(H,22,25)(H,23,26). The van der Waals surface area contributed by atoms with Crippen LogP contribution in [0.5, 0.6) is 0 Å². The van der Waals surface area contributed by atoms with E-state index in [9.17, 15) is 22.8 Å². The number of ether oxygens (including phenoxy) is 1. The van der Waals surface area contributed by atoms with Crippen molar-refractivity contribution < 1.29 is 27.5 Å². The van der Waals surface area contributed by atoms with Crippen molar-refractivity contribution in [1.29, 1.82) is 0 Å². The van der Waals surface area contributed by atoms with Crippen LogP contribution in [0, 0.1) is 0 Å². The number of amides is 2. The molecule has 0 unspecified atom stereocenters. The molecule has 0 heterocycles. The Balaban J connectivity index is 1.93. The van der Waals surface area contributed by atoms with Crippen LogP contribution in [0.3, 0.4) is 0 Å². The Morgan fingerprint density at radius 2 is 1.61 bits per heavy atom. The molecule has 0 aliphatic heterocycles. The van der Waals surface area contributed by atoms with Gasteiger partial charge in [0, 0.05) is 23.7 Å². The normalized spacial score (nSPS) is 11.1. The van der Waals surface area contributed by atoms with Gasteiger partial charge in [-0.15, -0.1) is 0 Å². The zero-order chi connectivity index (χ0) is 23.0. The van der Waals surface area contributed by atoms with E-state index in [1.165, 1.54) is 52.8 Å². The molecule has 11 heteroatoms. The first-order valence-electron chi connectivity index (χ1n) is 9.31. The number of nitrogens with one attached hydrogen (secondary N) is 2. The molecule has 0 fully saturated rings. The Bertz CT molecular complexity index is 1050. The van der Waals surface area contributed by atoms with Gasteiger partial charge in [-0.3, -0.25) is 20.4 Å². The molecular formula is C20H22ClN3O6S. The summed E-state index contributed by atoms with van der Waals surface area (Å²) in [5.41, 5.74) is 4.54. The van der Waals surface area contributed by atoms with Gasteiger partial charge in [-0.25, -0.2) is 13.2 Å². The third kappa shape index (κ3) is 6.51. The molecule has 2 amide bonds. The van der Waals surface area contributed by atoms with E-state index < -0.39 is 34.4 Å². The molecule has 166 valence electrons. The second kappa shape index (κ2) is 10.9. The van der Waals surface area contributed by atoms with E-state index in [0.29, 0.717) is 5.02 Å². The summed E-state index contributed by atoms with van der Waals surface area (Å²) in [6, 6.07) is 11.4. The molecule has 0 saturated carbocycles. The van der Waals surface area contributed by atoms with Crippen molar-refractivity contribution in [3.05, 3.63) is 64.7 Å². The SMILES string of the molecule is CCN(CC)S(=O)(=O)c1cccc(C(=O)OCC(=O)NNC(=O)c2ccc(Cl)cc2)c1. The fourth-order valence-corrected chi connectivity index (χ4v) is 4.18. The Hall–Kier alpha value is -2.95. The van der Waals surface area contributed by atoms with Gasteiger partial charge in [0.15, 0.2) is 6.61 Å². The minimum atomic E-state index is -3.75. The average molecular weight is 468 g/mol. The van der Waals surface area contributed by atoms with Gasteiger partial charge in [0.1, 0.15) is 0 Å². The molecule has 31 heavy (non-hydrogen) atoms. The van der Waals surface area contributed by atoms with Gasteiger partial charge in [0.2, 0.25) is 10.0 Å². The topological polar surface area (TPSA) is 122 Å². The van der Waals surface area contributed by atoms with Gasteiger partial charge in [0.25, 0.3) is 11.8 Å². The minimum Gasteiger partial charge on any atom is -0.452 e. The predicted molar refractivity (Wildman–Crippen MR) is 114 cm³/mol. The van der Waals surface area contributed by atoms with E-state index in [-0.39, 0.29) is 29.1 Å². The molecule has 0 aliphatic rings. The second-order valence-electron chi connectivity index (χ2n) is 6.20. The zero-order valence-electron chi connectivity index (χ0n) is 16.9. The lowest BCUT2D eigenvalue weighted by molar-refractivity contribution is -0.125. The molecule has 2 N–H and O–H groups in total. The van der Waals surface area contributed by atoms with Gasteiger partial charge in [-0.2, -0.15) is 4.31 Å². The highest BCUT2D eigenvalue weighted by Crippen LogP contribution is 2.17.